The first-order chi connectivity index (χ1) is 7.69. The Kier molecular flexibility index (Phi) is 5.43. The van der Waals surface area contributed by atoms with Gasteiger partial charge in [-0.1, -0.05) is 26.7 Å². The third-order valence-corrected chi connectivity index (χ3v) is 3.08. The number of aryl methyl sites for hydroxylation is 1. The molecule has 16 heavy (non-hydrogen) atoms. The summed E-state index contributed by atoms with van der Waals surface area (Å²) >= 11 is 0. The Morgan fingerprint density at radius 3 is 2.81 bits per heavy atom. The molecule has 0 fully saturated rings. The van der Waals surface area contributed by atoms with Crippen molar-refractivity contribution >= 4 is 0 Å². The lowest BCUT2D eigenvalue weighted by Crippen LogP contribution is -2.30. The summed E-state index contributed by atoms with van der Waals surface area (Å²) in [5.41, 5.74) is 5.38. The molecule has 1 rings (SSSR count). The average Bonchev–Trinajstić information content (AvgIpc) is 2.27. The molecule has 0 aliphatic heterocycles. The van der Waals surface area contributed by atoms with Gasteiger partial charge in [0, 0.05) is 18.4 Å². The van der Waals surface area contributed by atoms with Crippen molar-refractivity contribution in [3.05, 3.63) is 29.6 Å². The highest BCUT2D eigenvalue weighted by molar-refractivity contribution is 5.24. The maximum atomic E-state index is 5.64. The van der Waals surface area contributed by atoms with Gasteiger partial charge in [-0.25, -0.2) is 0 Å². The van der Waals surface area contributed by atoms with Crippen LogP contribution in [-0.2, 0) is 0 Å². The largest absolute Gasteiger partial charge is 0.271 e. The van der Waals surface area contributed by atoms with Gasteiger partial charge in [0.05, 0.1) is 0 Å². The molecule has 0 spiro atoms. The maximum Gasteiger partial charge on any atom is 0.0480 e. The maximum absolute atomic E-state index is 5.64. The number of hydrogen-bond acceptors (Lipinski definition) is 3. The van der Waals surface area contributed by atoms with Crippen LogP contribution in [0.5, 0.6) is 0 Å². The topological polar surface area (TPSA) is 50.9 Å². The Labute approximate surface area is 98.4 Å². The first kappa shape index (κ1) is 13.1. The van der Waals surface area contributed by atoms with Gasteiger partial charge in [-0.3, -0.25) is 16.3 Å². The zero-order valence-corrected chi connectivity index (χ0v) is 10.5. The number of hydrogen-bond donors (Lipinski definition) is 2. The quantitative estimate of drug-likeness (QED) is 0.573. The van der Waals surface area contributed by atoms with Crippen LogP contribution >= 0.6 is 0 Å². The van der Waals surface area contributed by atoms with E-state index in [0.29, 0.717) is 5.92 Å². The van der Waals surface area contributed by atoms with E-state index in [4.69, 9.17) is 5.84 Å². The molecule has 0 amide bonds. The molecular formula is C13H23N3. The highest BCUT2D eigenvalue weighted by Gasteiger charge is 2.15. The fraction of sp³-hybridized carbons (Fsp3) is 0.615. The van der Waals surface area contributed by atoms with E-state index in [9.17, 15) is 0 Å². The van der Waals surface area contributed by atoms with E-state index in [1.54, 1.807) is 0 Å². The summed E-state index contributed by atoms with van der Waals surface area (Å²) in [6.07, 6.45) is 7.28. The molecule has 0 saturated carbocycles. The molecule has 0 aromatic carbocycles. The van der Waals surface area contributed by atoms with E-state index in [1.165, 1.54) is 24.0 Å². The number of aromatic nitrogens is 1. The van der Waals surface area contributed by atoms with Gasteiger partial charge in [0.1, 0.15) is 0 Å². The van der Waals surface area contributed by atoms with E-state index in [0.717, 1.165) is 6.42 Å². The predicted molar refractivity (Wildman–Crippen MR) is 67.7 cm³/mol. The summed E-state index contributed by atoms with van der Waals surface area (Å²) in [6.45, 7) is 6.60. The van der Waals surface area contributed by atoms with Crippen molar-refractivity contribution in [1.29, 1.82) is 0 Å². The third kappa shape index (κ3) is 3.58. The molecule has 0 aliphatic carbocycles. The smallest absolute Gasteiger partial charge is 0.0480 e. The van der Waals surface area contributed by atoms with Gasteiger partial charge in [-0.2, -0.15) is 0 Å². The second-order valence-electron chi connectivity index (χ2n) is 4.58. The average molecular weight is 221 g/mol. The van der Waals surface area contributed by atoms with E-state index >= 15 is 0 Å². The lowest BCUT2D eigenvalue weighted by atomic mass is 9.92. The molecule has 2 unspecified atom stereocenters. The fourth-order valence-electron chi connectivity index (χ4n) is 2.14. The van der Waals surface area contributed by atoms with Gasteiger partial charge in [0.25, 0.3) is 0 Å². The van der Waals surface area contributed by atoms with Crippen molar-refractivity contribution in [3.63, 3.8) is 0 Å². The van der Waals surface area contributed by atoms with Crippen LogP contribution in [0.4, 0.5) is 0 Å². The summed E-state index contributed by atoms with van der Waals surface area (Å²) in [5, 5.41) is 0. The standard InChI is InChI=1S/C13H23N3/c1-4-5-10(2)8-13(16-14)12-9-15-7-6-11(12)3/h6-7,9-10,13,16H,4-5,8,14H2,1-3H3. The minimum Gasteiger partial charge on any atom is -0.271 e. The zero-order valence-electron chi connectivity index (χ0n) is 10.5. The van der Waals surface area contributed by atoms with Crippen LogP contribution in [0.25, 0.3) is 0 Å². The summed E-state index contributed by atoms with van der Waals surface area (Å²) in [6, 6.07) is 2.25. The second kappa shape index (κ2) is 6.61. The summed E-state index contributed by atoms with van der Waals surface area (Å²) in [5.74, 6) is 6.33. The molecular weight excluding hydrogens is 198 g/mol. The Morgan fingerprint density at radius 2 is 2.25 bits per heavy atom. The molecule has 1 heterocycles. The van der Waals surface area contributed by atoms with Crippen LogP contribution < -0.4 is 11.3 Å². The van der Waals surface area contributed by atoms with Crippen molar-refractivity contribution in [3.8, 4) is 0 Å². The van der Waals surface area contributed by atoms with Crippen LogP contribution in [0.2, 0.25) is 0 Å². The molecule has 3 N–H and O–H groups in total. The Balaban J connectivity index is 2.71. The van der Waals surface area contributed by atoms with E-state index in [-0.39, 0.29) is 6.04 Å². The van der Waals surface area contributed by atoms with E-state index < -0.39 is 0 Å². The molecule has 90 valence electrons. The van der Waals surface area contributed by atoms with Crippen LogP contribution in [-0.4, -0.2) is 4.98 Å². The van der Waals surface area contributed by atoms with Crippen molar-refractivity contribution in [2.24, 2.45) is 11.8 Å². The van der Waals surface area contributed by atoms with Gasteiger partial charge in [-0.15, -0.1) is 0 Å². The van der Waals surface area contributed by atoms with Crippen LogP contribution in [0.3, 0.4) is 0 Å². The minimum atomic E-state index is 0.218. The zero-order chi connectivity index (χ0) is 12.0. The number of hydrazine groups is 1. The molecule has 2 atom stereocenters. The van der Waals surface area contributed by atoms with Crippen LogP contribution in [0.1, 0.15) is 50.3 Å². The van der Waals surface area contributed by atoms with Crippen molar-refractivity contribution in [2.45, 2.75) is 46.1 Å². The molecule has 1 aromatic heterocycles. The van der Waals surface area contributed by atoms with Crippen LogP contribution in [0.15, 0.2) is 18.5 Å². The monoisotopic (exact) mass is 221 g/mol. The molecule has 3 nitrogen and oxygen atoms in total. The summed E-state index contributed by atoms with van der Waals surface area (Å²) < 4.78 is 0. The normalized spacial score (nSPS) is 14.8. The first-order valence-electron chi connectivity index (χ1n) is 6.05. The highest BCUT2D eigenvalue weighted by Crippen LogP contribution is 2.24. The Morgan fingerprint density at radius 1 is 1.50 bits per heavy atom. The van der Waals surface area contributed by atoms with Gasteiger partial charge in [0.15, 0.2) is 0 Å². The predicted octanol–water partition coefficient (Wildman–Crippen LogP) is 2.72. The molecule has 0 saturated heterocycles. The second-order valence-corrected chi connectivity index (χ2v) is 4.58. The lowest BCUT2D eigenvalue weighted by Gasteiger charge is -2.21. The fourth-order valence-corrected chi connectivity index (χ4v) is 2.14. The Bertz CT molecular complexity index is 312. The number of nitrogens with zero attached hydrogens (tertiary/aromatic N) is 1. The number of nitrogens with two attached hydrogens (primary N) is 1. The molecule has 0 aliphatic rings. The van der Waals surface area contributed by atoms with Crippen molar-refractivity contribution in [1.82, 2.24) is 10.4 Å². The van der Waals surface area contributed by atoms with Gasteiger partial charge in [0.2, 0.25) is 0 Å². The molecule has 0 bridgehead atoms. The van der Waals surface area contributed by atoms with Crippen LogP contribution in [0, 0.1) is 12.8 Å². The van der Waals surface area contributed by atoms with Gasteiger partial charge < -0.3 is 0 Å². The highest BCUT2D eigenvalue weighted by atomic mass is 15.2. The first-order valence-corrected chi connectivity index (χ1v) is 6.05. The third-order valence-electron chi connectivity index (χ3n) is 3.08. The SMILES string of the molecule is CCCC(C)CC(NN)c1cnccc1C. The molecule has 1 aromatic rings. The minimum absolute atomic E-state index is 0.218. The summed E-state index contributed by atoms with van der Waals surface area (Å²) in [4.78, 5) is 4.17. The van der Waals surface area contributed by atoms with Crippen molar-refractivity contribution in [2.75, 3.05) is 0 Å². The summed E-state index contributed by atoms with van der Waals surface area (Å²) in [7, 11) is 0. The van der Waals surface area contributed by atoms with Crippen molar-refractivity contribution < 1.29 is 0 Å². The lowest BCUT2D eigenvalue weighted by molar-refractivity contribution is 0.393. The number of nitrogens with one attached hydrogen (secondary N) is 1. The Hall–Kier alpha value is -0.930. The van der Waals surface area contributed by atoms with E-state index in [1.807, 2.05) is 18.5 Å². The van der Waals surface area contributed by atoms with Gasteiger partial charge >= 0.3 is 0 Å². The van der Waals surface area contributed by atoms with Gasteiger partial charge in [-0.05, 0) is 36.5 Å². The van der Waals surface area contributed by atoms with E-state index in [2.05, 4.69) is 31.2 Å². The number of pyridine rings is 1. The molecule has 3 heteroatoms. The molecule has 0 radical (unpaired) electrons. The number of rotatable bonds is 6.